The Labute approximate surface area is 154 Å². The summed E-state index contributed by atoms with van der Waals surface area (Å²) in [5, 5.41) is 0. The molecule has 0 saturated carbocycles. The zero-order valence-corrected chi connectivity index (χ0v) is 15.5. The molecule has 3 rings (SSSR count). The number of carbonyl (C=O) groups excluding carboxylic acids is 2. The van der Waals surface area contributed by atoms with E-state index in [2.05, 4.69) is 14.9 Å². The molecule has 0 aromatic carbocycles. The number of H-pyrrole nitrogens is 1. The number of aromatic nitrogens is 2. The summed E-state index contributed by atoms with van der Waals surface area (Å²) in [6.07, 6.45) is 5.48. The molecule has 1 atom stereocenters. The van der Waals surface area contributed by atoms with Gasteiger partial charge in [-0.15, -0.1) is 0 Å². The van der Waals surface area contributed by atoms with Gasteiger partial charge in [-0.3, -0.25) is 14.5 Å². The lowest BCUT2D eigenvalue weighted by atomic mass is 9.96. The van der Waals surface area contributed by atoms with Crippen LogP contribution in [0.1, 0.15) is 25.1 Å². The molecule has 0 aliphatic carbocycles. The van der Waals surface area contributed by atoms with Crippen LogP contribution < -0.4 is 0 Å². The quantitative estimate of drug-likeness (QED) is 0.755. The molecule has 1 N–H and O–H groups in total. The van der Waals surface area contributed by atoms with Gasteiger partial charge in [-0.2, -0.15) is 0 Å². The highest BCUT2D eigenvalue weighted by Crippen LogP contribution is 2.20. The molecular weight excluding hydrogens is 334 g/mol. The number of hydrogen-bond donors (Lipinski definition) is 1. The Morgan fingerprint density at radius 3 is 2.92 bits per heavy atom. The average Bonchev–Trinajstić information content (AvgIpc) is 3.16. The van der Waals surface area contributed by atoms with Gasteiger partial charge in [-0.1, -0.05) is 0 Å². The van der Waals surface area contributed by atoms with Crippen molar-refractivity contribution in [3.63, 3.8) is 0 Å². The van der Waals surface area contributed by atoms with Gasteiger partial charge in [-0.05, 0) is 12.8 Å². The number of imidazole rings is 1. The Hall–Kier alpha value is -1.93. The second-order valence-electron chi connectivity index (χ2n) is 7.11. The molecular formula is C18H29N5O3. The van der Waals surface area contributed by atoms with Crippen molar-refractivity contribution in [3.8, 4) is 0 Å². The normalized spacial score (nSPS) is 21.8. The van der Waals surface area contributed by atoms with E-state index in [-0.39, 0.29) is 17.7 Å². The van der Waals surface area contributed by atoms with E-state index in [1.165, 1.54) is 0 Å². The van der Waals surface area contributed by atoms with Crippen molar-refractivity contribution in [1.29, 1.82) is 0 Å². The van der Waals surface area contributed by atoms with E-state index < -0.39 is 0 Å². The second-order valence-corrected chi connectivity index (χ2v) is 7.11. The maximum absolute atomic E-state index is 12.7. The van der Waals surface area contributed by atoms with Crippen molar-refractivity contribution in [1.82, 2.24) is 24.7 Å². The fourth-order valence-electron chi connectivity index (χ4n) is 3.64. The monoisotopic (exact) mass is 363 g/mol. The summed E-state index contributed by atoms with van der Waals surface area (Å²) in [6.45, 7) is 6.21. The Morgan fingerprint density at radius 2 is 2.19 bits per heavy atom. The molecule has 3 heterocycles. The molecule has 0 radical (unpaired) electrons. The summed E-state index contributed by atoms with van der Waals surface area (Å²) in [5.74, 6) is 0.919. The van der Waals surface area contributed by atoms with Crippen molar-refractivity contribution in [3.05, 3.63) is 18.2 Å². The topological polar surface area (TPSA) is 81.8 Å². The smallest absolute Gasteiger partial charge is 0.227 e. The van der Waals surface area contributed by atoms with E-state index in [1.807, 2.05) is 4.90 Å². The van der Waals surface area contributed by atoms with Crippen LogP contribution in [0, 0.1) is 5.92 Å². The number of ether oxygens (including phenoxy) is 1. The highest BCUT2D eigenvalue weighted by atomic mass is 16.5. The molecule has 2 saturated heterocycles. The van der Waals surface area contributed by atoms with E-state index in [0.29, 0.717) is 25.9 Å². The molecule has 2 aliphatic heterocycles. The van der Waals surface area contributed by atoms with Gasteiger partial charge in [0.2, 0.25) is 11.8 Å². The van der Waals surface area contributed by atoms with Crippen molar-refractivity contribution < 1.29 is 14.3 Å². The largest absolute Gasteiger partial charge is 0.379 e. The third kappa shape index (κ3) is 5.04. The van der Waals surface area contributed by atoms with Gasteiger partial charge >= 0.3 is 0 Å². The first-order valence-corrected chi connectivity index (χ1v) is 9.44. The van der Waals surface area contributed by atoms with Gasteiger partial charge in [-0.25, -0.2) is 4.98 Å². The number of nitrogens with zero attached hydrogens (tertiary/aromatic N) is 4. The summed E-state index contributed by atoms with van der Waals surface area (Å²) in [6, 6.07) is 0. The minimum atomic E-state index is -0.115. The lowest BCUT2D eigenvalue weighted by Crippen LogP contribution is -2.47. The van der Waals surface area contributed by atoms with Gasteiger partial charge in [0.15, 0.2) is 0 Å². The van der Waals surface area contributed by atoms with Crippen molar-refractivity contribution >= 4 is 11.8 Å². The van der Waals surface area contributed by atoms with Crippen LogP contribution in [-0.4, -0.2) is 89.5 Å². The number of piperidine rings is 1. The number of hydrogen-bond acceptors (Lipinski definition) is 5. The van der Waals surface area contributed by atoms with Gasteiger partial charge in [0.05, 0.1) is 25.7 Å². The zero-order chi connectivity index (χ0) is 18.4. The number of nitrogens with one attached hydrogen (secondary N) is 1. The summed E-state index contributed by atoms with van der Waals surface area (Å²) in [4.78, 5) is 38.1. The zero-order valence-electron chi connectivity index (χ0n) is 15.5. The standard InChI is InChI=1S/C18H29N5O3/c1-21(14-16-19-5-6-20-16)18(25)15-3-4-17(24)23(13-15)8-2-7-22-9-11-26-12-10-22/h5-6,15H,2-4,7-14H2,1H3,(H,19,20). The fraction of sp³-hybridized carbons (Fsp3) is 0.722. The molecule has 2 amide bonds. The molecule has 2 aliphatic rings. The molecule has 144 valence electrons. The molecule has 1 unspecified atom stereocenters. The Bertz CT molecular complexity index is 586. The molecule has 26 heavy (non-hydrogen) atoms. The summed E-state index contributed by atoms with van der Waals surface area (Å²) in [5.41, 5.74) is 0. The maximum atomic E-state index is 12.7. The van der Waals surface area contributed by atoms with Gasteiger partial charge in [0.25, 0.3) is 0 Å². The first-order valence-electron chi connectivity index (χ1n) is 9.44. The lowest BCUT2D eigenvalue weighted by Gasteiger charge is -2.34. The average molecular weight is 363 g/mol. The molecule has 0 spiro atoms. The Balaban J connectivity index is 1.45. The van der Waals surface area contributed by atoms with E-state index in [4.69, 9.17) is 4.74 Å². The van der Waals surface area contributed by atoms with Gasteiger partial charge in [0, 0.05) is 58.6 Å². The fourth-order valence-corrected chi connectivity index (χ4v) is 3.64. The van der Waals surface area contributed by atoms with E-state index in [0.717, 1.165) is 51.6 Å². The molecule has 2 fully saturated rings. The molecule has 1 aromatic rings. The van der Waals surface area contributed by atoms with Crippen LogP contribution in [0.3, 0.4) is 0 Å². The Morgan fingerprint density at radius 1 is 1.38 bits per heavy atom. The van der Waals surface area contributed by atoms with Crippen molar-refractivity contribution in [2.24, 2.45) is 5.92 Å². The van der Waals surface area contributed by atoms with Gasteiger partial charge < -0.3 is 19.5 Å². The lowest BCUT2D eigenvalue weighted by molar-refractivity contribution is -0.142. The van der Waals surface area contributed by atoms with Crippen molar-refractivity contribution in [2.45, 2.75) is 25.8 Å². The van der Waals surface area contributed by atoms with Crippen LogP contribution >= 0.6 is 0 Å². The van der Waals surface area contributed by atoms with Crippen LogP contribution in [0.25, 0.3) is 0 Å². The summed E-state index contributed by atoms with van der Waals surface area (Å²) in [7, 11) is 1.80. The minimum Gasteiger partial charge on any atom is -0.379 e. The highest BCUT2D eigenvalue weighted by molar-refractivity contribution is 5.83. The predicted molar refractivity (Wildman–Crippen MR) is 96.2 cm³/mol. The third-order valence-electron chi connectivity index (χ3n) is 5.17. The summed E-state index contributed by atoms with van der Waals surface area (Å²) < 4.78 is 5.36. The molecule has 0 bridgehead atoms. The number of amides is 2. The van der Waals surface area contributed by atoms with E-state index >= 15 is 0 Å². The first kappa shape index (κ1) is 18.8. The Kier molecular flexibility index (Phi) is 6.62. The number of morpholine rings is 1. The minimum absolute atomic E-state index is 0.0899. The molecule has 1 aromatic heterocycles. The van der Waals surface area contributed by atoms with Crippen LogP contribution in [-0.2, 0) is 20.9 Å². The second kappa shape index (κ2) is 9.14. The SMILES string of the molecule is CN(Cc1ncc[nH]1)C(=O)C1CCC(=O)N(CCCN2CCOCC2)C1. The number of likely N-dealkylation sites (tertiary alicyclic amines) is 1. The first-order chi connectivity index (χ1) is 12.6. The van der Waals surface area contributed by atoms with E-state index in [1.54, 1.807) is 24.3 Å². The van der Waals surface area contributed by atoms with Crippen LogP contribution in [0.2, 0.25) is 0 Å². The van der Waals surface area contributed by atoms with E-state index in [9.17, 15) is 9.59 Å². The van der Waals surface area contributed by atoms with Crippen LogP contribution in [0.4, 0.5) is 0 Å². The number of carbonyl (C=O) groups is 2. The van der Waals surface area contributed by atoms with Crippen molar-refractivity contribution in [2.75, 3.05) is 53.0 Å². The highest BCUT2D eigenvalue weighted by Gasteiger charge is 2.31. The van der Waals surface area contributed by atoms with Gasteiger partial charge in [0.1, 0.15) is 5.82 Å². The van der Waals surface area contributed by atoms with Crippen LogP contribution in [0.5, 0.6) is 0 Å². The maximum Gasteiger partial charge on any atom is 0.227 e. The number of aromatic amines is 1. The number of rotatable bonds is 7. The summed E-state index contributed by atoms with van der Waals surface area (Å²) >= 11 is 0. The van der Waals surface area contributed by atoms with Crippen LogP contribution in [0.15, 0.2) is 12.4 Å². The predicted octanol–water partition coefficient (Wildman–Crippen LogP) is 0.329. The third-order valence-corrected chi connectivity index (χ3v) is 5.17. The molecule has 8 nitrogen and oxygen atoms in total. The molecule has 8 heteroatoms.